The highest BCUT2D eigenvalue weighted by Crippen LogP contribution is 2.38. The average molecular weight is 282 g/mol. The molecule has 0 spiro atoms. The van der Waals surface area contributed by atoms with Gasteiger partial charge in [0.25, 0.3) is 0 Å². The summed E-state index contributed by atoms with van der Waals surface area (Å²) < 4.78 is 1.21. The quantitative estimate of drug-likeness (QED) is 0.859. The van der Waals surface area contributed by atoms with Crippen LogP contribution in [0, 0.1) is 0 Å². The summed E-state index contributed by atoms with van der Waals surface area (Å²) in [5.41, 5.74) is 9.04. The Morgan fingerprint density at radius 3 is 2.38 bits per heavy atom. The van der Waals surface area contributed by atoms with Crippen LogP contribution < -0.4 is 5.73 Å². The third-order valence-corrected chi connectivity index (χ3v) is 4.38. The number of benzene rings is 1. The molecule has 0 atom stereocenters. The van der Waals surface area contributed by atoms with Crippen LogP contribution in [0.1, 0.15) is 56.6 Å². The fraction of sp³-hybridized carbons (Fsp3) is 0.571. The summed E-state index contributed by atoms with van der Waals surface area (Å²) in [5.74, 6) is 0.556. The second kappa shape index (κ2) is 4.50. The fourth-order valence-electron chi connectivity index (χ4n) is 2.60. The van der Waals surface area contributed by atoms with Crippen LogP contribution in [0.2, 0.25) is 0 Å². The molecular weight excluding hydrogens is 262 g/mol. The van der Waals surface area contributed by atoms with Crippen LogP contribution >= 0.6 is 15.9 Å². The second-order valence-corrected chi connectivity index (χ2v) is 6.11. The summed E-state index contributed by atoms with van der Waals surface area (Å²) >= 11 is 3.66. The van der Waals surface area contributed by atoms with Gasteiger partial charge in [-0.1, -0.05) is 54.8 Å². The normalized spacial score (nSPS) is 19.3. The predicted octanol–water partition coefficient (Wildman–Crippen LogP) is 4.30. The first-order chi connectivity index (χ1) is 7.53. The highest BCUT2D eigenvalue weighted by molar-refractivity contribution is 9.10. The first-order valence-corrected chi connectivity index (χ1v) is 6.91. The summed E-state index contributed by atoms with van der Waals surface area (Å²) in [6.07, 6.45) is 4.78. The zero-order chi connectivity index (χ0) is 11.8. The van der Waals surface area contributed by atoms with Crippen molar-refractivity contribution in [2.24, 2.45) is 5.73 Å². The molecule has 1 nitrogen and oxygen atoms in total. The van der Waals surface area contributed by atoms with Crippen LogP contribution in [0.4, 0.5) is 0 Å². The molecule has 16 heavy (non-hydrogen) atoms. The Balaban J connectivity index is 2.34. The molecule has 1 fully saturated rings. The summed E-state index contributed by atoms with van der Waals surface area (Å²) in [7, 11) is 0. The van der Waals surface area contributed by atoms with Gasteiger partial charge in [0.2, 0.25) is 0 Å². The Hall–Kier alpha value is -0.340. The lowest BCUT2D eigenvalue weighted by atomic mass is 9.88. The van der Waals surface area contributed by atoms with Crippen molar-refractivity contribution in [3.63, 3.8) is 0 Å². The molecule has 0 amide bonds. The Kier molecular flexibility index (Phi) is 3.41. The number of halogens is 1. The lowest BCUT2D eigenvalue weighted by Crippen LogP contribution is -2.33. The molecule has 0 aliphatic heterocycles. The zero-order valence-electron chi connectivity index (χ0n) is 10.1. The summed E-state index contributed by atoms with van der Waals surface area (Å²) in [6, 6.07) is 6.66. The van der Waals surface area contributed by atoms with E-state index in [0.717, 1.165) is 12.8 Å². The molecule has 1 aromatic carbocycles. The van der Waals surface area contributed by atoms with E-state index in [9.17, 15) is 0 Å². The van der Waals surface area contributed by atoms with Crippen molar-refractivity contribution in [2.45, 2.75) is 51.0 Å². The van der Waals surface area contributed by atoms with Crippen molar-refractivity contribution in [3.05, 3.63) is 33.8 Å². The van der Waals surface area contributed by atoms with Crippen molar-refractivity contribution in [3.8, 4) is 0 Å². The van der Waals surface area contributed by atoms with Gasteiger partial charge in [0.15, 0.2) is 0 Å². The number of hydrogen-bond donors (Lipinski definition) is 1. The van der Waals surface area contributed by atoms with E-state index in [0.29, 0.717) is 5.92 Å². The maximum atomic E-state index is 6.45. The van der Waals surface area contributed by atoms with Crippen molar-refractivity contribution in [1.29, 1.82) is 0 Å². The standard InChI is InChI=1S/C14H20BrN/c1-10(2)12-6-5-11(9-13(12)15)14(16)7-3-4-8-14/h5-6,9-10H,3-4,7-8,16H2,1-2H3. The van der Waals surface area contributed by atoms with E-state index < -0.39 is 0 Å². The van der Waals surface area contributed by atoms with Crippen LogP contribution in [-0.2, 0) is 5.54 Å². The van der Waals surface area contributed by atoms with E-state index in [-0.39, 0.29) is 5.54 Å². The van der Waals surface area contributed by atoms with E-state index in [1.165, 1.54) is 28.4 Å². The minimum absolute atomic E-state index is 0.0714. The maximum absolute atomic E-state index is 6.45. The van der Waals surface area contributed by atoms with Gasteiger partial charge in [-0.25, -0.2) is 0 Å². The third kappa shape index (κ3) is 2.18. The van der Waals surface area contributed by atoms with E-state index in [1.807, 2.05) is 0 Å². The molecule has 1 aliphatic carbocycles. The molecule has 0 unspecified atom stereocenters. The number of nitrogens with two attached hydrogens (primary N) is 1. The Morgan fingerprint density at radius 2 is 1.88 bits per heavy atom. The maximum Gasteiger partial charge on any atom is 0.0410 e. The molecule has 0 bridgehead atoms. The molecule has 1 aromatic rings. The largest absolute Gasteiger partial charge is 0.321 e. The van der Waals surface area contributed by atoms with Gasteiger partial charge in [0, 0.05) is 10.0 Å². The lowest BCUT2D eigenvalue weighted by Gasteiger charge is -2.25. The Bertz CT molecular complexity index is 378. The van der Waals surface area contributed by atoms with E-state index >= 15 is 0 Å². The molecule has 2 rings (SSSR count). The zero-order valence-corrected chi connectivity index (χ0v) is 11.7. The lowest BCUT2D eigenvalue weighted by molar-refractivity contribution is 0.461. The molecule has 2 N–H and O–H groups in total. The van der Waals surface area contributed by atoms with Crippen LogP contribution in [0.15, 0.2) is 22.7 Å². The van der Waals surface area contributed by atoms with Crippen molar-refractivity contribution in [2.75, 3.05) is 0 Å². The molecule has 0 heterocycles. The van der Waals surface area contributed by atoms with E-state index in [1.54, 1.807) is 0 Å². The molecule has 2 heteroatoms. The molecule has 0 saturated heterocycles. The van der Waals surface area contributed by atoms with Gasteiger partial charge >= 0.3 is 0 Å². The monoisotopic (exact) mass is 281 g/mol. The molecule has 88 valence electrons. The van der Waals surface area contributed by atoms with Crippen molar-refractivity contribution in [1.82, 2.24) is 0 Å². The van der Waals surface area contributed by atoms with Gasteiger partial charge in [0.1, 0.15) is 0 Å². The Morgan fingerprint density at radius 1 is 1.25 bits per heavy atom. The van der Waals surface area contributed by atoms with E-state index in [2.05, 4.69) is 48.0 Å². The molecule has 0 aromatic heterocycles. The minimum atomic E-state index is -0.0714. The van der Waals surface area contributed by atoms with Gasteiger partial charge in [-0.15, -0.1) is 0 Å². The van der Waals surface area contributed by atoms with Crippen molar-refractivity contribution >= 4 is 15.9 Å². The van der Waals surface area contributed by atoms with Gasteiger partial charge in [0.05, 0.1) is 0 Å². The minimum Gasteiger partial charge on any atom is -0.321 e. The molecule has 1 saturated carbocycles. The van der Waals surface area contributed by atoms with Crippen LogP contribution in [0.25, 0.3) is 0 Å². The second-order valence-electron chi connectivity index (χ2n) is 5.25. The van der Waals surface area contributed by atoms with E-state index in [4.69, 9.17) is 5.73 Å². The van der Waals surface area contributed by atoms with Crippen LogP contribution in [0.3, 0.4) is 0 Å². The highest BCUT2D eigenvalue weighted by atomic mass is 79.9. The SMILES string of the molecule is CC(C)c1ccc(C2(N)CCCC2)cc1Br. The molecule has 1 aliphatic rings. The smallest absolute Gasteiger partial charge is 0.0410 e. The molecular formula is C14H20BrN. The number of rotatable bonds is 2. The van der Waals surface area contributed by atoms with Crippen molar-refractivity contribution < 1.29 is 0 Å². The average Bonchev–Trinajstić information content (AvgIpc) is 2.66. The van der Waals surface area contributed by atoms with Gasteiger partial charge in [-0.05, 0) is 36.0 Å². The third-order valence-electron chi connectivity index (χ3n) is 3.69. The fourth-order valence-corrected chi connectivity index (χ4v) is 3.44. The predicted molar refractivity (Wildman–Crippen MR) is 72.6 cm³/mol. The van der Waals surface area contributed by atoms with Gasteiger partial charge in [-0.2, -0.15) is 0 Å². The number of hydrogen-bond acceptors (Lipinski definition) is 1. The first-order valence-electron chi connectivity index (χ1n) is 6.12. The van der Waals surface area contributed by atoms with Gasteiger partial charge < -0.3 is 5.73 Å². The topological polar surface area (TPSA) is 26.0 Å². The van der Waals surface area contributed by atoms with Crippen LogP contribution in [0.5, 0.6) is 0 Å². The van der Waals surface area contributed by atoms with Crippen LogP contribution in [-0.4, -0.2) is 0 Å². The summed E-state index contributed by atoms with van der Waals surface area (Å²) in [6.45, 7) is 4.43. The van der Waals surface area contributed by atoms with Gasteiger partial charge in [-0.3, -0.25) is 0 Å². The first kappa shape index (κ1) is 12.1. The summed E-state index contributed by atoms with van der Waals surface area (Å²) in [5, 5.41) is 0. The highest BCUT2D eigenvalue weighted by Gasteiger charge is 2.31. The Labute approximate surface area is 107 Å². The molecule has 0 radical (unpaired) electrons. The summed E-state index contributed by atoms with van der Waals surface area (Å²) in [4.78, 5) is 0.